The van der Waals surface area contributed by atoms with Gasteiger partial charge < -0.3 is 15.4 Å². The quantitative estimate of drug-likeness (QED) is 0.262. The second-order valence-corrected chi connectivity index (χ2v) is 9.14. The van der Waals surface area contributed by atoms with Gasteiger partial charge in [-0.3, -0.25) is 14.4 Å². The average Bonchev–Trinajstić information content (AvgIpc) is 3.20. The minimum Gasteiger partial charge on any atom is -0.481 e. The fraction of sp³-hybridized carbons (Fsp3) is 0.593. The number of para-hydroxylation sites is 1. The predicted molar refractivity (Wildman–Crippen MR) is 132 cm³/mol. The third-order valence-electron chi connectivity index (χ3n) is 6.31. The van der Waals surface area contributed by atoms with Gasteiger partial charge in [-0.15, -0.1) is 0 Å². The molecule has 33 heavy (non-hydrogen) atoms. The van der Waals surface area contributed by atoms with E-state index < -0.39 is 17.9 Å². The average molecular weight is 457 g/mol. The lowest BCUT2D eigenvalue weighted by molar-refractivity contribution is -0.144. The van der Waals surface area contributed by atoms with Crippen LogP contribution in [0, 0.1) is 5.92 Å². The Morgan fingerprint density at radius 3 is 2.27 bits per heavy atom. The molecule has 0 aliphatic heterocycles. The highest BCUT2D eigenvalue weighted by Gasteiger charge is 2.26. The molecule has 0 saturated heterocycles. The van der Waals surface area contributed by atoms with Crippen molar-refractivity contribution >= 4 is 28.6 Å². The summed E-state index contributed by atoms with van der Waals surface area (Å²) in [4.78, 5) is 39.8. The highest BCUT2D eigenvalue weighted by atomic mass is 16.4. The van der Waals surface area contributed by atoms with Crippen molar-refractivity contribution in [1.29, 1.82) is 0 Å². The fourth-order valence-electron chi connectivity index (χ4n) is 4.22. The Kier molecular flexibility index (Phi) is 11.7. The van der Waals surface area contributed by atoms with Crippen molar-refractivity contribution in [3.63, 3.8) is 0 Å². The molecule has 0 aliphatic carbocycles. The summed E-state index contributed by atoms with van der Waals surface area (Å²) in [6.07, 6.45) is 13.0. The molecular formula is C27H40N2O4. The number of aliphatic carboxylic acids is 1. The van der Waals surface area contributed by atoms with E-state index in [0.717, 1.165) is 35.7 Å². The van der Waals surface area contributed by atoms with Crippen molar-refractivity contribution in [3.05, 3.63) is 36.0 Å². The number of ketones is 1. The van der Waals surface area contributed by atoms with Crippen molar-refractivity contribution in [2.75, 3.05) is 0 Å². The van der Waals surface area contributed by atoms with Crippen molar-refractivity contribution in [2.24, 2.45) is 5.92 Å². The molecule has 3 N–H and O–H groups in total. The number of rotatable bonds is 17. The fourth-order valence-corrected chi connectivity index (χ4v) is 4.22. The SMILES string of the molecule is CCCCCCCCCCCC(=O)NC(C)C(=O)CC(Cc1c[nH]c2ccccc12)C(=O)O. The van der Waals surface area contributed by atoms with Crippen LogP contribution < -0.4 is 5.32 Å². The van der Waals surface area contributed by atoms with E-state index in [4.69, 9.17) is 0 Å². The number of fused-ring (bicyclic) bond motifs is 1. The van der Waals surface area contributed by atoms with Crippen LogP contribution in [0.15, 0.2) is 30.5 Å². The van der Waals surface area contributed by atoms with E-state index >= 15 is 0 Å². The number of hydrogen-bond donors (Lipinski definition) is 3. The second-order valence-electron chi connectivity index (χ2n) is 9.14. The molecule has 2 rings (SSSR count). The number of unbranched alkanes of at least 4 members (excludes halogenated alkanes) is 8. The lowest BCUT2D eigenvalue weighted by Gasteiger charge is -2.16. The van der Waals surface area contributed by atoms with Gasteiger partial charge in [-0.2, -0.15) is 0 Å². The lowest BCUT2D eigenvalue weighted by Crippen LogP contribution is -2.39. The monoisotopic (exact) mass is 456 g/mol. The van der Waals surface area contributed by atoms with E-state index in [1.54, 1.807) is 6.92 Å². The van der Waals surface area contributed by atoms with Gasteiger partial charge in [-0.1, -0.05) is 76.5 Å². The van der Waals surface area contributed by atoms with Crippen LogP contribution in [0.2, 0.25) is 0 Å². The molecule has 0 radical (unpaired) electrons. The maximum absolute atomic E-state index is 12.6. The number of carbonyl (C=O) groups excluding carboxylic acids is 2. The number of aromatic nitrogens is 1. The van der Waals surface area contributed by atoms with Crippen LogP contribution in [-0.4, -0.2) is 33.8 Å². The Morgan fingerprint density at radius 2 is 1.61 bits per heavy atom. The molecule has 6 nitrogen and oxygen atoms in total. The van der Waals surface area contributed by atoms with Crippen LogP contribution in [0.1, 0.15) is 90.0 Å². The number of H-pyrrole nitrogens is 1. The zero-order valence-corrected chi connectivity index (χ0v) is 20.2. The van der Waals surface area contributed by atoms with Crippen LogP contribution in [0.25, 0.3) is 10.9 Å². The molecule has 2 unspecified atom stereocenters. The van der Waals surface area contributed by atoms with Crippen molar-refractivity contribution in [3.8, 4) is 0 Å². The number of benzene rings is 1. The summed E-state index contributed by atoms with van der Waals surface area (Å²) in [5.74, 6) is -2.21. The van der Waals surface area contributed by atoms with Gasteiger partial charge in [0.1, 0.15) is 0 Å². The Hall–Kier alpha value is -2.63. The topological polar surface area (TPSA) is 99.3 Å². The van der Waals surface area contributed by atoms with E-state index in [1.807, 2.05) is 30.5 Å². The molecule has 1 aromatic heterocycles. The molecule has 2 atom stereocenters. The highest BCUT2D eigenvalue weighted by molar-refractivity contribution is 5.91. The highest BCUT2D eigenvalue weighted by Crippen LogP contribution is 2.22. The molecule has 0 aliphatic rings. The summed E-state index contributed by atoms with van der Waals surface area (Å²) < 4.78 is 0. The molecule has 1 heterocycles. The van der Waals surface area contributed by atoms with Gasteiger partial charge >= 0.3 is 5.97 Å². The van der Waals surface area contributed by atoms with Gasteiger partial charge in [-0.25, -0.2) is 0 Å². The zero-order chi connectivity index (χ0) is 24.1. The first-order valence-electron chi connectivity index (χ1n) is 12.5. The number of amides is 1. The number of aromatic amines is 1. The Labute approximate surface area is 197 Å². The minimum atomic E-state index is -0.998. The van der Waals surface area contributed by atoms with Crippen LogP contribution in [0.3, 0.4) is 0 Å². The predicted octanol–water partition coefficient (Wildman–Crippen LogP) is 5.80. The van der Waals surface area contributed by atoms with Crippen LogP contribution >= 0.6 is 0 Å². The van der Waals surface area contributed by atoms with Gasteiger partial charge in [0.05, 0.1) is 12.0 Å². The molecule has 6 heteroatoms. The van der Waals surface area contributed by atoms with Gasteiger partial charge in [0.25, 0.3) is 0 Å². The van der Waals surface area contributed by atoms with Gasteiger partial charge in [0, 0.05) is 29.9 Å². The standard InChI is InChI=1S/C27H40N2O4/c1-3-4-5-6-7-8-9-10-11-16-26(31)29-20(2)25(30)18-21(27(32)33)17-22-19-28-24-15-13-12-14-23(22)24/h12-15,19-21,28H,3-11,16-18H2,1-2H3,(H,29,31)(H,32,33). The van der Waals surface area contributed by atoms with Crippen molar-refractivity contribution in [2.45, 2.75) is 96.9 Å². The first kappa shape index (κ1) is 26.6. The smallest absolute Gasteiger partial charge is 0.307 e. The number of Topliss-reactive ketones (excluding diaryl/α,β-unsaturated/α-hetero) is 1. The number of carbonyl (C=O) groups is 3. The molecule has 2 aromatic rings. The van der Waals surface area contributed by atoms with Crippen LogP contribution in [-0.2, 0) is 20.8 Å². The van der Waals surface area contributed by atoms with Crippen LogP contribution in [0.4, 0.5) is 0 Å². The molecule has 1 amide bonds. The van der Waals surface area contributed by atoms with Crippen molar-refractivity contribution in [1.82, 2.24) is 10.3 Å². The molecule has 1 aromatic carbocycles. The molecular weight excluding hydrogens is 416 g/mol. The maximum Gasteiger partial charge on any atom is 0.307 e. The lowest BCUT2D eigenvalue weighted by atomic mass is 9.92. The van der Waals surface area contributed by atoms with Gasteiger partial charge in [-0.05, 0) is 31.4 Å². The van der Waals surface area contributed by atoms with E-state index in [0.29, 0.717) is 6.42 Å². The molecule has 0 bridgehead atoms. The first-order valence-corrected chi connectivity index (χ1v) is 12.5. The van der Waals surface area contributed by atoms with Crippen LogP contribution in [0.5, 0.6) is 0 Å². The Balaban J connectivity index is 1.70. The van der Waals surface area contributed by atoms with E-state index in [9.17, 15) is 19.5 Å². The largest absolute Gasteiger partial charge is 0.481 e. The zero-order valence-electron chi connectivity index (χ0n) is 20.2. The summed E-state index contributed by atoms with van der Waals surface area (Å²) >= 11 is 0. The number of nitrogens with one attached hydrogen (secondary N) is 2. The molecule has 182 valence electrons. The molecule has 0 saturated carbocycles. The minimum absolute atomic E-state index is 0.103. The number of carboxylic acids is 1. The Bertz CT molecular complexity index is 889. The van der Waals surface area contributed by atoms with Gasteiger partial charge in [0.2, 0.25) is 5.91 Å². The normalized spacial score (nSPS) is 13.0. The number of carboxylic acid groups (broad SMARTS) is 1. The third kappa shape index (κ3) is 9.40. The molecule has 0 fully saturated rings. The Morgan fingerprint density at radius 1 is 0.970 bits per heavy atom. The number of hydrogen-bond acceptors (Lipinski definition) is 3. The van der Waals surface area contributed by atoms with E-state index in [-0.39, 0.29) is 24.5 Å². The summed E-state index contributed by atoms with van der Waals surface area (Å²) in [6, 6.07) is 7.02. The first-order chi connectivity index (χ1) is 15.9. The summed E-state index contributed by atoms with van der Waals surface area (Å²) in [5.41, 5.74) is 1.83. The molecule has 0 spiro atoms. The summed E-state index contributed by atoms with van der Waals surface area (Å²) in [7, 11) is 0. The summed E-state index contributed by atoms with van der Waals surface area (Å²) in [5, 5.41) is 13.4. The van der Waals surface area contributed by atoms with E-state index in [2.05, 4.69) is 17.2 Å². The second kappa shape index (κ2) is 14.5. The summed E-state index contributed by atoms with van der Waals surface area (Å²) in [6.45, 7) is 3.86. The van der Waals surface area contributed by atoms with E-state index in [1.165, 1.54) is 38.5 Å². The maximum atomic E-state index is 12.6. The van der Waals surface area contributed by atoms with Crippen molar-refractivity contribution < 1.29 is 19.5 Å². The van der Waals surface area contributed by atoms with Gasteiger partial charge in [0.15, 0.2) is 5.78 Å². The third-order valence-corrected chi connectivity index (χ3v) is 6.31.